The van der Waals surface area contributed by atoms with Gasteiger partial charge in [-0.15, -0.1) is 0 Å². The van der Waals surface area contributed by atoms with Crippen LogP contribution in [0.3, 0.4) is 0 Å². The molecule has 0 amide bonds. The molecule has 0 aromatic carbocycles. The molecule has 2 nitrogen and oxygen atoms in total. The molecule has 0 N–H and O–H groups in total. The first-order valence-electron chi connectivity index (χ1n) is 2.97. The summed E-state index contributed by atoms with van der Waals surface area (Å²) in [4.78, 5) is 14.3. The minimum atomic E-state index is -0.380. The molecule has 0 radical (unpaired) electrons. The number of carbonyl (C=O) groups excluding carboxylic acids is 1. The van der Waals surface area contributed by atoms with E-state index in [2.05, 4.69) is 4.98 Å². The largest absolute Gasteiger partial charge is 0.287 e. The number of hydrogen-bond donors (Lipinski definition) is 0. The molecule has 0 unspecified atom stereocenters. The molecule has 0 saturated heterocycles. The molecule has 0 spiro atoms. The lowest BCUT2D eigenvalue weighted by Gasteiger charge is -1.93. The van der Waals surface area contributed by atoms with Gasteiger partial charge in [-0.05, 0) is 34.7 Å². The van der Waals surface area contributed by atoms with Gasteiger partial charge in [-0.25, -0.2) is 4.39 Å². The number of aromatic nitrogens is 1. The number of nitrogens with zero attached hydrogens (tertiary/aromatic N) is 1. The molecule has 58 valence electrons. The first-order valence-corrected chi connectivity index (χ1v) is 4.05. The van der Waals surface area contributed by atoms with Crippen LogP contribution in [0, 0.1) is 5.82 Å². The zero-order valence-corrected chi connectivity index (χ0v) is 7.71. The fourth-order valence-corrected chi connectivity index (χ4v) is 1.04. The van der Waals surface area contributed by atoms with Gasteiger partial charge in [0, 0.05) is 5.69 Å². The minimum absolute atomic E-state index is 0.00158. The Morgan fingerprint density at radius 3 is 2.82 bits per heavy atom. The summed E-state index contributed by atoms with van der Waals surface area (Å²) in [5, 5.41) is 0. The van der Waals surface area contributed by atoms with E-state index in [1.54, 1.807) is 22.6 Å². The van der Waals surface area contributed by atoms with Crippen molar-refractivity contribution in [2.45, 2.75) is 6.42 Å². The van der Waals surface area contributed by atoms with E-state index in [0.29, 0.717) is 5.69 Å². The van der Waals surface area contributed by atoms with Crippen LogP contribution in [-0.2, 0) is 11.2 Å². The first-order chi connectivity index (χ1) is 5.18. The van der Waals surface area contributed by atoms with E-state index < -0.39 is 0 Å². The van der Waals surface area contributed by atoms with Crippen LogP contribution in [0.25, 0.3) is 0 Å². The smallest absolute Gasteiger partial charge is 0.198 e. The molecule has 1 heterocycles. The number of rotatable bonds is 2. The van der Waals surface area contributed by atoms with E-state index in [1.807, 2.05) is 0 Å². The van der Waals surface area contributed by atoms with Crippen molar-refractivity contribution in [1.29, 1.82) is 0 Å². The summed E-state index contributed by atoms with van der Waals surface area (Å²) in [6.45, 7) is 0. The monoisotopic (exact) mass is 265 g/mol. The van der Waals surface area contributed by atoms with E-state index in [1.165, 1.54) is 12.1 Å². The first kappa shape index (κ1) is 8.58. The van der Waals surface area contributed by atoms with Crippen molar-refractivity contribution in [3.63, 3.8) is 0 Å². The van der Waals surface area contributed by atoms with Gasteiger partial charge in [0.1, 0.15) is 5.82 Å². The Bertz CT molecular complexity index is 260. The summed E-state index contributed by atoms with van der Waals surface area (Å²) in [7, 11) is 0. The second kappa shape index (κ2) is 3.75. The Balaban J connectivity index is 2.74. The summed E-state index contributed by atoms with van der Waals surface area (Å²) >= 11 is 1.68. The second-order valence-corrected chi connectivity index (χ2v) is 3.20. The van der Waals surface area contributed by atoms with Crippen molar-refractivity contribution >= 4 is 26.4 Å². The number of pyridine rings is 1. The van der Waals surface area contributed by atoms with E-state index in [0.717, 1.165) is 6.20 Å². The molecule has 0 fully saturated rings. The Hall–Kier alpha value is -0.520. The molecule has 0 atom stereocenters. The van der Waals surface area contributed by atoms with E-state index in [4.69, 9.17) is 0 Å². The lowest BCUT2D eigenvalue weighted by atomic mass is 10.3. The molecule has 0 aliphatic carbocycles. The average molecular weight is 265 g/mol. The maximum absolute atomic E-state index is 12.3. The van der Waals surface area contributed by atoms with Crippen molar-refractivity contribution in [2.75, 3.05) is 0 Å². The normalized spacial score (nSPS) is 9.64. The zero-order chi connectivity index (χ0) is 8.27. The molecule has 4 heteroatoms. The lowest BCUT2D eigenvalue weighted by Crippen LogP contribution is -1.95. The third kappa shape index (κ3) is 2.92. The topological polar surface area (TPSA) is 30.0 Å². The molecule has 0 aliphatic heterocycles. The third-order valence-electron chi connectivity index (χ3n) is 1.11. The van der Waals surface area contributed by atoms with Gasteiger partial charge in [0.05, 0.1) is 12.6 Å². The predicted octanol–water partition coefficient (Wildman–Crippen LogP) is 1.72. The minimum Gasteiger partial charge on any atom is -0.287 e. The maximum atomic E-state index is 12.3. The van der Waals surface area contributed by atoms with Crippen molar-refractivity contribution in [2.24, 2.45) is 0 Å². The fourth-order valence-electron chi connectivity index (χ4n) is 0.653. The van der Waals surface area contributed by atoms with Crippen molar-refractivity contribution in [1.82, 2.24) is 4.98 Å². The van der Waals surface area contributed by atoms with Crippen LogP contribution >= 0.6 is 22.6 Å². The Labute approximate surface area is 77.0 Å². The zero-order valence-electron chi connectivity index (χ0n) is 5.55. The summed E-state index contributed by atoms with van der Waals surface area (Å²) < 4.78 is 12.3. The highest BCUT2D eigenvalue weighted by Crippen LogP contribution is 2.01. The van der Waals surface area contributed by atoms with E-state index >= 15 is 0 Å². The molecule has 0 saturated carbocycles. The number of hydrogen-bond acceptors (Lipinski definition) is 2. The number of carbonyl (C=O) groups is 1. The average Bonchev–Trinajstić information content (AvgIpc) is 1.93. The standard InChI is InChI=1S/C7H5FINO/c8-5-1-2-6(10-4-5)3-7(9)11/h1-2,4H,3H2. The third-order valence-corrected chi connectivity index (χ3v) is 1.49. The Morgan fingerprint density at radius 1 is 1.64 bits per heavy atom. The lowest BCUT2D eigenvalue weighted by molar-refractivity contribution is -0.108. The summed E-state index contributed by atoms with van der Waals surface area (Å²) in [6, 6.07) is 2.80. The molecule has 11 heavy (non-hydrogen) atoms. The Kier molecular flexibility index (Phi) is 2.92. The maximum Gasteiger partial charge on any atom is 0.198 e. The van der Waals surface area contributed by atoms with Gasteiger partial charge < -0.3 is 0 Å². The summed E-state index contributed by atoms with van der Waals surface area (Å²) in [5.74, 6) is -0.380. The quantitative estimate of drug-likeness (QED) is 0.602. The summed E-state index contributed by atoms with van der Waals surface area (Å²) in [6.07, 6.45) is 1.37. The van der Waals surface area contributed by atoms with Gasteiger partial charge in [-0.1, -0.05) is 0 Å². The van der Waals surface area contributed by atoms with Gasteiger partial charge in [0.15, 0.2) is 3.79 Å². The van der Waals surface area contributed by atoms with Gasteiger partial charge >= 0.3 is 0 Å². The molecule has 1 aromatic heterocycles. The highest BCUT2D eigenvalue weighted by Gasteiger charge is 1.99. The molecule has 1 aromatic rings. The SMILES string of the molecule is O=C(I)Cc1ccc(F)cn1. The fraction of sp³-hybridized carbons (Fsp3) is 0.143. The molecular formula is C7H5FINO. The van der Waals surface area contributed by atoms with Crippen molar-refractivity contribution in [3.05, 3.63) is 29.8 Å². The van der Waals surface area contributed by atoms with Crippen LogP contribution in [-0.4, -0.2) is 8.77 Å². The van der Waals surface area contributed by atoms with E-state index in [-0.39, 0.29) is 16.0 Å². The summed E-state index contributed by atoms with van der Waals surface area (Å²) in [5.41, 5.74) is 0.603. The van der Waals surface area contributed by atoms with Gasteiger partial charge in [0.25, 0.3) is 0 Å². The van der Waals surface area contributed by atoms with Crippen molar-refractivity contribution < 1.29 is 9.18 Å². The van der Waals surface area contributed by atoms with Crippen LogP contribution in [0.4, 0.5) is 4.39 Å². The highest BCUT2D eigenvalue weighted by molar-refractivity contribution is 14.1. The van der Waals surface area contributed by atoms with Gasteiger partial charge in [-0.3, -0.25) is 9.78 Å². The molecule has 1 rings (SSSR count). The molecular weight excluding hydrogens is 260 g/mol. The molecule has 0 bridgehead atoms. The highest BCUT2D eigenvalue weighted by atomic mass is 127. The van der Waals surface area contributed by atoms with Crippen molar-refractivity contribution in [3.8, 4) is 0 Å². The van der Waals surface area contributed by atoms with Crippen LogP contribution in [0.5, 0.6) is 0 Å². The van der Waals surface area contributed by atoms with Crippen LogP contribution < -0.4 is 0 Å². The predicted molar refractivity (Wildman–Crippen MR) is 46.9 cm³/mol. The Morgan fingerprint density at radius 2 is 2.36 bits per heavy atom. The number of halogens is 2. The van der Waals surface area contributed by atoms with Gasteiger partial charge in [0.2, 0.25) is 0 Å². The van der Waals surface area contributed by atoms with E-state index in [9.17, 15) is 9.18 Å². The second-order valence-electron chi connectivity index (χ2n) is 2.00. The van der Waals surface area contributed by atoms with Gasteiger partial charge in [-0.2, -0.15) is 0 Å². The van der Waals surface area contributed by atoms with Crippen LogP contribution in [0.1, 0.15) is 5.69 Å². The molecule has 0 aliphatic rings. The van der Waals surface area contributed by atoms with Crippen LogP contribution in [0.2, 0.25) is 0 Å². The van der Waals surface area contributed by atoms with Crippen LogP contribution in [0.15, 0.2) is 18.3 Å².